The van der Waals surface area contributed by atoms with Gasteiger partial charge in [-0.15, -0.1) is 0 Å². The van der Waals surface area contributed by atoms with E-state index in [2.05, 4.69) is 9.97 Å². The Morgan fingerprint density at radius 3 is 2.71 bits per heavy atom. The minimum absolute atomic E-state index is 0.0230. The minimum atomic E-state index is -4.48. The lowest BCUT2D eigenvalue weighted by Gasteiger charge is -2.12. The Hall–Kier alpha value is -2.64. The van der Waals surface area contributed by atoms with Crippen molar-refractivity contribution in [3.8, 4) is 11.6 Å². The third-order valence-corrected chi connectivity index (χ3v) is 2.96. The number of rotatable bonds is 5. The number of hydrogen-bond acceptors (Lipinski definition) is 5. The lowest BCUT2D eigenvalue weighted by Crippen LogP contribution is -2.10. The largest absolute Gasteiger partial charge is 0.466 e. The lowest BCUT2D eigenvalue weighted by atomic mass is 10.2. The fraction of sp³-hybridized carbons (Fsp3) is 0.312. The SMILES string of the molecule is CCOC(=O)Cc1cnc(C)nc1Oc1cccc(C(F)(F)F)c1. The number of ether oxygens (including phenoxy) is 2. The summed E-state index contributed by atoms with van der Waals surface area (Å²) >= 11 is 0. The van der Waals surface area contributed by atoms with E-state index in [1.807, 2.05) is 0 Å². The summed E-state index contributed by atoms with van der Waals surface area (Å²) in [5, 5.41) is 0. The predicted molar refractivity (Wildman–Crippen MR) is 78.6 cm³/mol. The zero-order chi connectivity index (χ0) is 17.7. The van der Waals surface area contributed by atoms with Crippen molar-refractivity contribution in [1.82, 2.24) is 9.97 Å². The summed E-state index contributed by atoms with van der Waals surface area (Å²) in [7, 11) is 0. The molecule has 0 aliphatic carbocycles. The van der Waals surface area contributed by atoms with Crippen LogP contribution in [0.3, 0.4) is 0 Å². The summed E-state index contributed by atoms with van der Waals surface area (Å²) in [4.78, 5) is 19.6. The van der Waals surface area contributed by atoms with Crippen LogP contribution < -0.4 is 4.74 Å². The molecule has 2 rings (SSSR count). The van der Waals surface area contributed by atoms with Gasteiger partial charge in [-0.1, -0.05) is 6.07 Å². The molecule has 0 saturated carbocycles. The number of carbonyl (C=O) groups is 1. The Kier molecular flexibility index (Phi) is 5.38. The summed E-state index contributed by atoms with van der Waals surface area (Å²) in [5.41, 5.74) is -0.505. The highest BCUT2D eigenvalue weighted by molar-refractivity contribution is 5.73. The van der Waals surface area contributed by atoms with Gasteiger partial charge in [-0.2, -0.15) is 18.2 Å². The summed E-state index contributed by atoms with van der Waals surface area (Å²) in [6.45, 7) is 3.49. The Labute approximate surface area is 136 Å². The van der Waals surface area contributed by atoms with Crippen LogP contribution >= 0.6 is 0 Å². The van der Waals surface area contributed by atoms with E-state index in [0.29, 0.717) is 11.4 Å². The van der Waals surface area contributed by atoms with E-state index in [-0.39, 0.29) is 24.7 Å². The highest BCUT2D eigenvalue weighted by atomic mass is 19.4. The van der Waals surface area contributed by atoms with Crippen molar-refractivity contribution in [1.29, 1.82) is 0 Å². The number of halogens is 3. The molecule has 0 atom stereocenters. The van der Waals surface area contributed by atoms with Crippen LogP contribution in [-0.2, 0) is 22.1 Å². The van der Waals surface area contributed by atoms with Crippen LogP contribution in [0.15, 0.2) is 30.5 Å². The summed E-state index contributed by atoms with van der Waals surface area (Å²) in [6.07, 6.45) is -3.22. The number of aryl methyl sites for hydroxylation is 1. The molecule has 1 aromatic heterocycles. The number of nitrogens with zero attached hydrogens (tertiary/aromatic N) is 2. The first kappa shape index (κ1) is 17.7. The van der Waals surface area contributed by atoms with Gasteiger partial charge < -0.3 is 9.47 Å². The average Bonchev–Trinajstić information content (AvgIpc) is 2.50. The first-order valence-electron chi connectivity index (χ1n) is 7.13. The van der Waals surface area contributed by atoms with Crippen LogP contribution in [0.2, 0.25) is 0 Å². The van der Waals surface area contributed by atoms with Crippen molar-refractivity contribution in [2.45, 2.75) is 26.4 Å². The van der Waals surface area contributed by atoms with Gasteiger partial charge in [-0.3, -0.25) is 4.79 Å². The van der Waals surface area contributed by atoms with Crippen molar-refractivity contribution in [2.75, 3.05) is 6.61 Å². The highest BCUT2D eigenvalue weighted by Gasteiger charge is 2.30. The molecule has 0 N–H and O–H groups in total. The van der Waals surface area contributed by atoms with Crippen molar-refractivity contribution < 1.29 is 27.4 Å². The van der Waals surface area contributed by atoms with Gasteiger partial charge in [-0.25, -0.2) is 4.98 Å². The summed E-state index contributed by atoms with van der Waals surface area (Å²) in [6, 6.07) is 4.42. The predicted octanol–water partition coefficient (Wildman–Crippen LogP) is 3.70. The molecular weight excluding hydrogens is 325 g/mol. The van der Waals surface area contributed by atoms with Gasteiger partial charge in [0.05, 0.1) is 18.6 Å². The second kappa shape index (κ2) is 7.29. The maximum absolute atomic E-state index is 12.8. The molecular formula is C16H15F3N2O3. The Morgan fingerprint density at radius 1 is 1.29 bits per heavy atom. The van der Waals surface area contributed by atoms with Gasteiger partial charge in [0.1, 0.15) is 11.6 Å². The zero-order valence-electron chi connectivity index (χ0n) is 13.1. The van der Waals surface area contributed by atoms with Gasteiger partial charge in [0, 0.05) is 11.8 Å². The maximum atomic E-state index is 12.8. The maximum Gasteiger partial charge on any atom is 0.416 e. The number of benzene rings is 1. The van der Waals surface area contributed by atoms with Crippen LogP contribution in [-0.4, -0.2) is 22.5 Å². The number of esters is 1. The van der Waals surface area contributed by atoms with Gasteiger partial charge >= 0.3 is 12.1 Å². The van der Waals surface area contributed by atoms with E-state index in [1.54, 1.807) is 13.8 Å². The van der Waals surface area contributed by atoms with Gasteiger partial charge in [-0.05, 0) is 32.0 Å². The molecule has 0 fully saturated rings. The number of aromatic nitrogens is 2. The standard InChI is InChI=1S/C16H15F3N2O3/c1-3-23-14(22)7-11-9-20-10(2)21-15(11)24-13-6-4-5-12(8-13)16(17,18)19/h4-6,8-9H,3,7H2,1-2H3. The molecule has 0 aliphatic rings. The van der Waals surface area contributed by atoms with Crippen molar-refractivity contribution >= 4 is 5.97 Å². The molecule has 1 heterocycles. The molecule has 24 heavy (non-hydrogen) atoms. The lowest BCUT2D eigenvalue weighted by molar-refractivity contribution is -0.142. The van der Waals surface area contributed by atoms with E-state index in [1.165, 1.54) is 18.3 Å². The monoisotopic (exact) mass is 340 g/mol. The van der Waals surface area contributed by atoms with E-state index in [9.17, 15) is 18.0 Å². The summed E-state index contributed by atoms with van der Waals surface area (Å²) in [5.74, 6) is -0.147. The first-order valence-corrected chi connectivity index (χ1v) is 7.13. The molecule has 0 amide bonds. The molecule has 0 bridgehead atoms. The van der Waals surface area contributed by atoms with Gasteiger partial charge in [0.15, 0.2) is 0 Å². The molecule has 0 saturated heterocycles. The molecule has 5 nitrogen and oxygen atoms in total. The van der Waals surface area contributed by atoms with Crippen LogP contribution in [0, 0.1) is 6.92 Å². The quantitative estimate of drug-likeness (QED) is 0.777. The molecule has 0 aliphatic heterocycles. The topological polar surface area (TPSA) is 61.3 Å². The number of carbonyl (C=O) groups excluding carboxylic acids is 1. The number of hydrogen-bond donors (Lipinski definition) is 0. The van der Waals surface area contributed by atoms with Gasteiger partial charge in [0.2, 0.25) is 5.88 Å². The molecule has 1 aromatic carbocycles. The Morgan fingerprint density at radius 2 is 2.04 bits per heavy atom. The minimum Gasteiger partial charge on any atom is -0.466 e. The Bertz CT molecular complexity index is 733. The van der Waals surface area contributed by atoms with Crippen LogP contribution in [0.4, 0.5) is 13.2 Å². The molecule has 0 radical (unpaired) electrons. The van der Waals surface area contributed by atoms with Crippen LogP contribution in [0.1, 0.15) is 23.9 Å². The molecule has 128 valence electrons. The van der Waals surface area contributed by atoms with Gasteiger partial charge in [0.25, 0.3) is 0 Å². The number of alkyl halides is 3. The van der Waals surface area contributed by atoms with E-state index in [4.69, 9.17) is 9.47 Å². The van der Waals surface area contributed by atoms with E-state index in [0.717, 1.165) is 12.1 Å². The van der Waals surface area contributed by atoms with Crippen LogP contribution in [0.5, 0.6) is 11.6 Å². The molecule has 2 aromatic rings. The van der Waals surface area contributed by atoms with E-state index >= 15 is 0 Å². The fourth-order valence-electron chi connectivity index (χ4n) is 1.90. The third kappa shape index (κ3) is 4.68. The van der Waals surface area contributed by atoms with Crippen LogP contribution in [0.25, 0.3) is 0 Å². The summed E-state index contributed by atoms with van der Waals surface area (Å²) < 4.78 is 48.6. The zero-order valence-corrected chi connectivity index (χ0v) is 13.1. The molecule has 8 heteroatoms. The smallest absolute Gasteiger partial charge is 0.416 e. The van der Waals surface area contributed by atoms with Crippen molar-refractivity contribution in [3.63, 3.8) is 0 Å². The normalized spacial score (nSPS) is 11.2. The second-order valence-electron chi connectivity index (χ2n) is 4.86. The van der Waals surface area contributed by atoms with E-state index < -0.39 is 17.7 Å². The first-order chi connectivity index (χ1) is 11.3. The Balaban J connectivity index is 2.29. The highest BCUT2D eigenvalue weighted by Crippen LogP contribution is 2.33. The average molecular weight is 340 g/mol. The molecule has 0 unspecified atom stereocenters. The fourth-order valence-corrected chi connectivity index (χ4v) is 1.90. The molecule has 0 spiro atoms. The van der Waals surface area contributed by atoms with Crippen molar-refractivity contribution in [3.05, 3.63) is 47.4 Å². The van der Waals surface area contributed by atoms with Crippen molar-refractivity contribution in [2.24, 2.45) is 0 Å². The third-order valence-electron chi connectivity index (χ3n) is 2.96. The second-order valence-corrected chi connectivity index (χ2v) is 4.86.